The first-order valence-electron chi connectivity index (χ1n) is 3.79. The van der Waals surface area contributed by atoms with Crippen LogP contribution in [0.5, 0.6) is 0 Å². The van der Waals surface area contributed by atoms with E-state index in [1.54, 1.807) is 6.08 Å². The second-order valence-electron chi connectivity index (χ2n) is 2.53. The molecule has 1 heterocycles. The third-order valence-electron chi connectivity index (χ3n) is 0.848. The maximum absolute atomic E-state index is 4.85. The standard InChI is InChI=1S/C5H8.C3H6O.C2H2Cl2.ClH/c1-4-5(2)3;1-3-2-4-3;1-2(3)4;/h4H,1-2H2,3H3;3H,2H2,1H3;1H2;1H. The van der Waals surface area contributed by atoms with Crippen molar-refractivity contribution in [1.82, 2.24) is 0 Å². The Hall–Kier alpha value is 0.0500. The van der Waals surface area contributed by atoms with E-state index in [0.29, 0.717) is 6.10 Å². The first-order valence-corrected chi connectivity index (χ1v) is 4.55. The minimum Gasteiger partial charge on any atom is -0.373 e. The van der Waals surface area contributed by atoms with Crippen LogP contribution in [0.25, 0.3) is 0 Å². The van der Waals surface area contributed by atoms with Gasteiger partial charge in [-0.1, -0.05) is 54.6 Å². The van der Waals surface area contributed by atoms with Crippen LogP contribution < -0.4 is 0 Å². The molecule has 1 saturated heterocycles. The van der Waals surface area contributed by atoms with Crippen LogP contribution in [-0.2, 0) is 4.74 Å². The molecular weight excluding hydrogens is 242 g/mol. The average molecular weight is 260 g/mol. The van der Waals surface area contributed by atoms with Crippen LogP contribution in [0.4, 0.5) is 0 Å². The Morgan fingerprint density at radius 1 is 1.43 bits per heavy atom. The monoisotopic (exact) mass is 258 g/mol. The molecule has 0 aliphatic carbocycles. The van der Waals surface area contributed by atoms with Gasteiger partial charge in [0, 0.05) is 0 Å². The summed E-state index contributed by atoms with van der Waals surface area (Å²) in [6.45, 7) is 15.1. The molecule has 0 radical (unpaired) electrons. The Kier molecular flexibility index (Phi) is 18.3. The molecule has 0 N–H and O–H groups in total. The molecular formula is C10H17Cl3O. The van der Waals surface area contributed by atoms with Gasteiger partial charge in [0.2, 0.25) is 0 Å². The van der Waals surface area contributed by atoms with E-state index in [1.807, 2.05) is 6.92 Å². The molecule has 0 bridgehead atoms. The van der Waals surface area contributed by atoms with Gasteiger partial charge < -0.3 is 4.74 Å². The lowest BCUT2D eigenvalue weighted by Crippen LogP contribution is -1.60. The first-order chi connectivity index (χ1) is 5.90. The Labute approximate surface area is 103 Å². The summed E-state index contributed by atoms with van der Waals surface area (Å²) in [6, 6.07) is 0. The molecule has 1 aliphatic rings. The largest absolute Gasteiger partial charge is 0.373 e. The van der Waals surface area contributed by atoms with Gasteiger partial charge in [-0.3, -0.25) is 0 Å². The number of ether oxygens (including phenoxy) is 1. The summed E-state index contributed by atoms with van der Waals surface area (Å²) in [5.74, 6) is 0. The van der Waals surface area contributed by atoms with Crippen molar-refractivity contribution in [2.45, 2.75) is 20.0 Å². The molecule has 1 fully saturated rings. The van der Waals surface area contributed by atoms with E-state index in [2.05, 4.69) is 26.7 Å². The van der Waals surface area contributed by atoms with Gasteiger partial charge in [-0.05, 0) is 13.8 Å². The lowest BCUT2D eigenvalue weighted by molar-refractivity contribution is 0.423. The fraction of sp³-hybridized carbons (Fsp3) is 0.400. The smallest absolute Gasteiger partial charge is 0.0992 e. The Morgan fingerprint density at radius 2 is 1.57 bits per heavy atom. The van der Waals surface area contributed by atoms with Gasteiger partial charge in [-0.2, -0.15) is 0 Å². The SMILES string of the molecule is C=C(Cl)Cl.C=CC(=C)C.CC1CO1.Cl. The highest BCUT2D eigenvalue weighted by atomic mass is 35.5. The van der Waals surface area contributed by atoms with E-state index in [-0.39, 0.29) is 16.9 Å². The number of hydrogen-bond donors (Lipinski definition) is 0. The molecule has 4 heteroatoms. The zero-order valence-corrected chi connectivity index (χ0v) is 10.9. The van der Waals surface area contributed by atoms with E-state index < -0.39 is 0 Å². The van der Waals surface area contributed by atoms with Crippen molar-refractivity contribution in [2.24, 2.45) is 0 Å². The van der Waals surface area contributed by atoms with Crippen molar-refractivity contribution in [3.05, 3.63) is 35.9 Å². The van der Waals surface area contributed by atoms with Crippen LogP contribution in [0.3, 0.4) is 0 Å². The summed E-state index contributed by atoms with van der Waals surface area (Å²) in [5, 5.41) is 0. The molecule has 0 saturated carbocycles. The summed E-state index contributed by atoms with van der Waals surface area (Å²) < 4.78 is 4.82. The van der Waals surface area contributed by atoms with Gasteiger partial charge in [-0.15, -0.1) is 12.4 Å². The van der Waals surface area contributed by atoms with Gasteiger partial charge in [0.15, 0.2) is 0 Å². The number of halogens is 3. The quantitative estimate of drug-likeness (QED) is 0.498. The Morgan fingerprint density at radius 3 is 1.57 bits per heavy atom. The Balaban J connectivity index is -0.000000126. The fourth-order valence-electron chi connectivity index (χ4n) is 0.0962. The van der Waals surface area contributed by atoms with Crippen molar-refractivity contribution in [1.29, 1.82) is 0 Å². The van der Waals surface area contributed by atoms with Crippen molar-refractivity contribution in [3.8, 4) is 0 Å². The zero-order valence-electron chi connectivity index (χ0n) is 8.56. The number of allylic oxidation sites excluding steroid dienone is 2. The highest BCUT2D eigenvalue weighted by molar-refractivity contribution is 6.55. The average Bonchev–Trinajstić information content (AvgIpc) is 2.71. The van der Waals surface area contributed by atoms with Gasteiger partial charge >= 0.3 is 0 Å². The predicted molar refractivity (Wildman–Crippen MR) is 68.5 cm³/mol. The molecule has 84 valence electrons. The molecule has 0 amide bonds. The van der Waals surface area contributed by atoms with Crippen LogP contribution in [0.2, 0.25) is 0 Å². The van der Waals surface area contributed by atoms with Crippen LogP contribution in [-0.4, -0.2) is 12.7 Å². The van der Waals surface area contributed by atoms with Crippen LogP contribution in [0.15, 0.2) is 35.9 Å². The van der Waals surface area contributed by atoms with Gasteiger partial charge in [0.05, 0.1) is 17.2 Å². The van der Waals surface area contributed by atoms with E-state index in [4.69, 9.17) is 27.9 Å². The number of rotatable bonds is 1. The third-order valence-corrected chi connectivity index (χ3v) is 0.848. The molecule has 14 heavy (non-hydrogen) atoms. The molecule has 0 spiro atoms. The topological polar surface area (TPSA) is 12.5 Å². The fourth-order valence-corrected chi connectivity index (χ4v) is 0.0962. The molecule has 0 aromatic heterocycles. The first kappa shape index (κ1) is 19.6. The van der Waals surface area contributed by atoms with E-state index in [1.165, 1.54) is 0 Å². The second kappa shape index (κ2) is 13.1. The Bertz CT molecular complexity index is 170. The van der Waals surface area contributed by atoms with Crippen molar-refractivity contribution in [2.75, 3.05) is 6.61 Å². The lowest BCUT2D eigenvalue weighted by atomic mass is 10.4. The predicted octanol–water partition coefficient (Wildman–Crippen LogP) is 4.51. The summed E-state index contributed by atoms with van der Waals surface area (Å²) >= 11 is 9.69. The molecule has 1 rings (SSSR count). The number of hydrogen-bond acceptors (Lipinski definition) is 1. The maximum Gasteiger partial charge on any atom is 0.0992 e. The van der Waals surface area contributed by atoms with Gasteiger partial charge in [0.1, 0.15) is 0 Å². The van der Waals surface area contributed by atoms with E-state index >= 15 is 0 Å². The summed E-state index contributed by atoms with van der Waals surface area (Å²) in [7, 11) is 0. The van der Waals surface area contributed by atoms with Crippen LogP contribution >= 0.6 is 35.6 Å². The molecule has 1 aliphatic heterocycles. The third kappa shape index (κ3) is 57.7. The van der Waals surface area contributed by atoms with Crippen LogP contribution in [0, 0.1) is 0 Å². The number of epoxide rings is 1. The van der Waals surface area contributed by atoms with Crippen molar-refractivity contribution in [3.63, 3.8) is 0 Å². The minimum atomic E-state index is 0. The summed E-state index contributed by atoms with van der Waals surface area (Å²) in [5.41, 5.74) is 1.02. The highest BCUT2D eigenvalue weighted by Crippen LogP contribution is 2.04. The van der Waals surface area contributed by atoms with E-state index in [9.17, 15) is 0 Å². The highest BCUT2D eigenvalue weighted by Gasteiger charge is 2.13. The summed E-state index contributed by atoms with van der Waals surface area (Å²) in [6.07, 6.45) is 2.31. The maximum atomic E-state index is 4.85. The minimum absolute atomic E-state index is 0. The second-order valence-corrected chi connectivity index (χ2v) is 3.64. The molecule has 0 aromatic rings. The van der Waals surface area contributed by atoms with Gasteiger partial charge in [-0.25, -0.2) is 0 Å². The summed E-state index contributed by atoms with van der Waals surface area (Å²) in [4.78, 5) is 0. The van der Waals surface area contributed by atoms with E-state index in [0.717, 1.165) is 12.2 Å². The molecule has 1 atom stereocenters. The van der Waals surface area contributed by atoms with Crippen molar-refractivity contribution >= 4 is 35.6 Å². The lowest BCUT2D eigenvalue weighted by Gasteiger charge is -1.71. The van der Waals surface area contributed by atoms with Crippen molar-refractivity contribution < 1.29 is 4.74 Å². The molecule has 1 unspecified atom stereocenters. The normalized spacial score (nSPS) is 15.6. The van der Waals surface area contributed by atoms with Crippen LogP contribution in [0.1, 0.15) is 13.8 Å². The molecule has 0 aromatic carbocycles. The zero-order chi connectivity index (χ0) is 10.9. The van der Waals surface area contributed by atoms with Gasteiger partial charge in [0.25, 0.3) is 0 Å². The molecule has 1 nitrogen and oxygen atoms in total.